The Balaban J connectivity index is 2.02. The van der Waals surface area contributed by atoms with Crippen LogP contribution < -0.4 is 4.74 Å². The molecule has 7 nitrogen and oxygen atoms in total. The lowest BCUT2D eigenvalue weighted by molar-refractivity contribution is -0.140. The SMILES string of the molecule is COCCN1C(=O)C(=O)/C(=C(\O)c2ccc(OCC(C)C)c(C)c2)C1c1ccco1. The molecule has 1 fully saturated rings. The van der Waals surface area contributed by atoms with E-state index in [9.17, 15) is 14.7 Å². The van der Waals surface area contributed by atoms with Crippen molar-refractivity contribution in [1.29, 1.82) is 0 Å². The number of furan rings is 1. The van der Waals surface area contributed by atoms with Crippen molar-refractivity contribution in [1.82, 2.24) is 4.90 Å². The van der Waals surface area contributed by atoms with Gasteiger partial charge in [-0.05, 0) is 48.7 Å². The van der Waals surface area contributed by atoms with Crippen LogP contribution in [0.3, 0.4) is 0 Å². The van der Waals surface area contributed by atoms with Crippen LogP contribution in [0.15, 0.2) is 46.6 Å². The minimum absolute atomic E-state index is 0.00121. The molecule has 1 aliphatic heterocycles. The number of aliphatic hydroxyl groups excluding tert-OH is 1. The van der Waals surface area contributed by atoms with Crippen molar-refractivity contribution in [2.75, 3.05) is 26.9 Å². The zero-order valence-corrected chi connectivity index (χ0v) is 17.7. The Kier molecular flexibility index (Phi) is 6.62. The second-order valence-corrected chi connectivity index (χ2v) is 7.69. The predicted molar refractivity (Wildman–Crippen MR) is 111 cm³/mol. The molecule has 7 heteroatoms. The van der Waals surface area contributed by atoms with Gasteiger partial charge in [-0.1, -0.05) is 13.8 Å². The second kappa shape index (κ2) is 9.17. The van der Waals surface area contributed by atoms with Crippen molar-refractivity contribution >= 4 is 17.4 Å². The van der Waals surface area contributed by atoms with E-state index in [0.717, 1.165) is 5.56 Å². The summed E-state index contributed by atoms with van der Waals surface area (Å²) >= 11 is 0. The van der Waals surface area contributed by atoms with Crippen LogP contribution in [0, 0.1) is 12.8 Å². The summed E-state index contributed by atoms with van der Waals surface area (Å²) in [7, 11) is 1.52. The molecule has 1 unspecified atom stereocenters. The monoisotopic (exact) mass is 413 g/mol. The van der Waals surface area contributed by atoms with Gasteiger partial charge in [0.2, 0.25) is 0 Å². The number of rotatable bonds is 8. The maximum Gasteiger partial charge on any atom is 0.295 e. The first-order valence-electron chi connectivity index (χ1n) is 9.89. The lowest BCUT2D eigenvalue weighted by Crippen LogP contribution is -2.32. The quantitative estimate of drug-likeness (QED) is 0.403. The normalized spacial score (nSPS) is 18.4. The Bertz CT molecular complexity index is 945. The Hall–Kier alpha value is -3.06. The number of carbonyl (C=O) groups excluding carboxylic acids is 2. The highest BCUT2D eigenvalue weighted by atomic mass is 16.5. The van der Waals surface area contributed by atoms with Crippen molar-refractivity contribution in [3.8, 4) is 5.75 Å². The van der Waals surface area contributed by atoms with Crippen LogP contribution in [0.2, 0.25) is 0 Å². The van der Waals surface area contributed by atoms with E-state index < -0.39 is 17.7 Å². The number of aliphatic hydroxyl groups is 1. The summed E-state index contributed by atoms with van der Waals surface area (Å²) in [6.45, 7) is 7.03. The number of nitrogens with zero attached hydrogens (tertiary/aromatic N) is 1. The van der Waals surface area contributed by atoms with Crippen LogP contribution in [0.5, 0.6) is 5.75 Å². The maximum atomic E-state index is 12.8. The van der Waals surface area contributed by atoms with Gasteiger partial charge in [0.15, 0.2) is 0 Å². The van der Waals surface area contributed by atoms with Crippen molar-refractivity contribution in [2.24, 2.45) is 5.92 Å². The standard InChI is InChI=1S/C23H27NO6/c1-14(2)13-30-17-8-7-16(12-15(17)3)21(25)19-20(18-6-5-10-29-18)24(9-11-28-4)23(27)22(19)26/h5-8,10,12,14,20,25H,9,11,13H2,1-4H3/b21-19-. The van der Waals surface area contributed by atoms with Gasteiger partial charge in [-0.15, -0.1) is 0 Å². The molecule has 0 spiro atoms. The van der Waals surface area contributed by atoms with Crippen molar-refractivity contribution in [2.45, 2.75) is 26.8 Å². The number of Topliss-reactive ketones (excluding diaryl/α,β-unsaturated/α-hetero) is 1. The minimum Gasteiger partial charge on any atom is -0.507 e. The molecule has 3 rings (SSSR count). The van der Waals surface area contributed by atoms with Gasteiger partial charge < -0.3 is 23.9 Å². The first kappa shape index (κ1) is 21.6. The number of hydrogen-bond donors (Lipinski definition) is 1. The highest BCUT2D eigenvalue weighted by Crippen LogP contribution is 2.39. The van der Waals surface area contributed by atoms with Gasteiger partial charge in [0, 0.05) is 19.2 Å². The third-order valence-corrected chi connectivity index (χ3v) is 4.91. The van der Waals surface area contributed by atoms with Crippen LogP contribution in [-0.4, -0.2) is 48.6 Å². The van der Waals surface area contributed by atoms with E-state index in [1.807, 2.05) is 6.92 Å². The molecule has 1 aromatic heterocycles. The number of hydrogen-bond acceptors (Lipinski definition) is 6. The molecular weight excluding hydrogens is 386 g/mol. The van der Waals surface area contributed by atoms with Crippen molar-refractivity contribution in [3.05, 3.63) is 59.1 Å². The topological polar surface area (TPSA) is 89.2 Å². The summed E-state index contributed by atoms with van der Waals surface area (Å²) < 4.78 is 16.3. The Morgan fingerprint density at radius 1 is 1.27 bits per heavy atom. The van der Waals surface area contributed by atoms with E-state index in [1.54, 1.807) is 30.3 Å². The Labute approximate surface area is 175 Å². The van der Waals surface area contributed by atoms with Gasteiger partial charge in [-0.2, -0.15) is 0 Å². The van der Waals surface area contributed by atoms with Crippen molar-refractivity contribution < 1.29 is 28.6 Å². The van der Waals surface area contributed by atoms with E-state index in [4.69, 9.17) is 13.9 Å². The average molecular weight is 413 g/mol. The largest absolute Gasteiger partial charge is 0.507 e. The summed E-state index contributed by atoms with van der Waals surface area (Å²) in [4.78, 5) is 26.8. The molecule has 1 saturated heterocycles. The Morgan fingerprint density at radius 2 is 2.03 bits per heavy atom. The lowest BCUT2D eigenvalue weighted by Gasteiger charge is -2.22. The Morgan fingerprint density at radius 3 is 2.63 bits per heavy atom. The van der Waals surface area contributed by atoms with Crippen LogP contribution in [0.4, 0.5) is 0 Å². The number of ketones is 1. The maximum absolute atomic E-state index is 12.8. The molecule has 0 bridgehead atoms. The number of methoxy groups -OCH3 is 1. The minimum atomic E-state index is -0.813. The van der Waals surface area contributed by atoms with Crippen molar-refractivity contribution in [3.63, 3.8) is 0 Å². The first-order valence-corrected chi connectivity index (χ1v) is 9.89. The molecule has 30 heavy (non-hydrogen) atoms. The zero-order valence-electron chi connectivity index (χ0n) is 17.7. The van der Waals surface area contributed by atoms with Crippen LogP contribution >= 0.6 is 0 Å². The van der Waals surface area contributed by atoms with Gasteiger partial charge in [0.25, 0.3) is 11.7 Å². The fourth-order valence-electron chi connectivity index (χ4n) is 3.41. The molecule has 1 aliphatic rings. The molecular formula is C23H27NO6. The van der Waals surface area contributed by atoms with E-state index in [-0.39, 0.29) is 24.5 Å². The molecule has 0 saturated carbocycles. The number of likely N-dealkylation sites (tertiary alicyclic amines) is 1. The first-order chi connectivity index (χ1) is 14.3. The highest BCUT2D eigenvalue weighted by Gasteiger charge is 2.47. The predicted octanol–water partition coefficient (Wildman–Crippen LogP) is 3.69. The number of ether oxygens (including phenoxy) is 2. The van der Waals surface area contributed by atoms with Crippen LogP contribution in [0.1, 0.15) is 36.8 Å². The number of amides is 1. The van der Waals surface area contributed by atoms with Gasteiger partial charge in [-0.3, -0.25) is 9.59 Å². The highest BCUT2D eigenvalue weighted by molar-refractivity contribution is 6.46. The summed E-state index contributed by atoms with van der Waals surface area (Å²) in [6.07, 6.45) is 1.47. The molecule has 1 atom stereocenters. The smallest absolute Gasteiger partial charge is 0.295 e. The molecule has 2 aromatic rings. The number of carbonyl (C=O) groups is 2. The van der Waals surface area contributed by atoms with E-state index in [2.05, 4.69) is 13.8 Å². The molecule has 160 valence electrons. The van der Waals surface area contributed by atoms with Gasteiger partial charge in [0.1, 0.15) is 23.3 Å². The molecule has 0 aliphatic carbocycles. The van der Waals surface area contributed by atoms with Crippen LogP contribution in [0.25, 0.3) is 5.76 Å². The summed E-state index contributed by atoms with van der Waals surface area (Å²) in [5.41, 5.74) is 1.26. The van der Waals surface area contributed by atoms with Gasteiger partial charge >= 0.3 is 0 Å². The molecule has 1 amide bonds. The molecule has 1 N–H and O–H groups in total. The number of aryl methyl sites for hydroxylation is 1. The summed E-state index contributed by atoms with van der Waals surface area (Å²) in [6, 6.07) is 7.73. The third kappa shape index (κ3) is 4.26. The number of benzene rings is 1. The summed E-state index contributed by atoms with van der Waals surface area (Å²) in [5.74, 6) is -0.183. The molecule has 2 heterocycles. The van der Waals surface area contributed by atoms with E-state index in [1.165, 1.54) is 18.3 Å². The average Bonchev–Trinajstić information content (AvgIpc) is 3.32. The second-order valence-electron chi connectivity index (χ2n) is 7.69. The van der Waals surface area contributed by atoms with Gasteiger partial charge in [0.05, 0.1) is 25.1 Å². The third-order valence-electron chi connectivity index (χ3n) is 4.91. The molecule has 1 aromatic carbocycles. The van der Waals surface area contributed by atoms with Gasteiger partial charge in [-0.25, -0.2) is 0 Å². The fourth-order valence-corrected chi connectivity index (χ4v) is 3.41. The summed E-state index contributed by atoms with van der Waals surface area (Å²) in [5, 5.41) is 11.0. The molecule has 0 radical (unpaired) electrons. The van der Waals surface area contributed by atoms with E-state index >= 15 is 0 Å². The fraction of sp³-hybridized carbons (Fsp3) is 0.391. The lowest BCUT2D eigenvalue weighted by atomic mass is 9.98. The zero-order chi connectivity index (χ0) is 21.8. The van der Waals surface area contributed by atoms with Crippen LogP contribution in [-0.2, 0) is 14.3 Å². The van der Waals surface area contributed by atoms with E-state index in [0.29, 0.717) is 29.6 Å².